The van der Waals surface area contributed by atoms with Crippen LogP contribution in [0.2, 0.25) is 0 Å². The number of nitrogens with one attached hydrogen (secondary N) is 2. The van der Waals surface area contributed by atoms with Crippen LogP contribution in [0.15, 0.2) is 18.2 Å². The molecule has 2 aliphatic rings. The van der Waals surface area contributed by atoms with Crippen molar-refractivity contribution in [3.63, 3.8) is 0 Å². The van der Waals surface area contributed by atoms with Crippen LogP contribution in [0.1, 0.15) is 43.4 Å². The first kappa shape index (κ1) is 20.6. The quantitative estimate of drug-likeness (QED) is 0.385. The lowest BCUT2D eigenvalue weighted by atomic mass is 10.0. The van der Waals surface area contributed by atoms with Crippen LogP contribution < -0.4 is 10.1 Å². The third-order valence-electron chi connectivity index (χ3n) is 5.23. The molecule has 3 rings (SSSR count). The van der Waals surface area contributed by atoms with E-state index in [1.165, 1.54) is 0 Å². The Morgan fingerprint density at radius 3 is 2.89 bits per heavy atom. The van der Waals surface area contributed by atoms with Gasteiger partial charge in [-0.3, -0.25) is 5.41 Å². The second kappa shape index (κ2) is 9.87. The molecule has 2 fully saturated rings. The molecular weight excluding hydrogens is 356 g/mol. The third-order valence-corrected chi connectivity index (χ3v) is 5.23. The normalized spacial score (nSPS) is 20.2. The first-order valence-corrected chi connectivity index (χ1v) is 10.0. The molecule has 2 atom stereocenters. The second-order valence-corrected chi connectivity index (χ2v) is 7.33. The lowest BCUT2D eigenvalue weighted by Crippen LogP contribution is -2.50. The number of rotatable bonds is 9. The van der Waals surface area contributed by atoms with Gasteiger partial charge in [-0.1, -0.05) is 6.07 Å². The van der Waals surface area contributed by atoms with Gasteiger partial charge in [0.1, 0.15) is 23.8 Å². The SMILES string of the molecule is COCCCOc1cc([C@@H](C)N(C(=N)[C@H]2CNCCO2)C2CC2)ccc1C#N. The van der Waals surface area contributed by atoms with Gasteiger partial charge in [-0.25, -0.2) is 0 Å². The Bertz CT molecular complexity index is 708. The molecule has 152 valence electrons. The Hall–Kier alpha value is -2.14. The number of nitrogens with zero attached hydrogens (tertiary/aromatic N) is 2. The van der Waals surface area contributed by atoms with Crippen molar-refractivity contribution in [2.45, 2.75) is 44.4 Å². The van der Waals surface area contributed by atoms with Crippen LogP contribution in [0.4, 0.5) is 0 Å². The van der Waals surface area contributed by atoms with Gasteiger partial charge in [0.15, 0.2) is 0 Å². The Balaban J connectivity index is 1.75. The Kier molecular flexibility index (Phi) is 7.26. The molecule has 0 amide bonds. The lowest BCUT2D eigenvalue weighted by molar-refractivity contribution is 0.0593. The molecule has 1 saturated carbocycles. The number of amidine groups is 1. The van der Waals surface area contributed by atoms with E-state index in [-0.39, 0.29) is 12.1 Å². The van der Waals surface area contributed by atoms with Gasteiger partial charge in [0.2, 0.25) is 0 Å². The number of morpholine rings is 1. The van der Waals surface area contributed by atoms with Gasteiger partial charge < -0.3 is 24.4 Å². The van der Waals surface area contributed by atoms with Crippen molar-refractivity contribution in [1.82, 2.24) is 10.2 Å². The summed E-state index contributed by atoms with van der Waals surface area (Å²) >= 11 is 0. The summed E-state index contributed by atoms with van der Waals surface area (Å²) in [7, 11) is 1.66. The Labute approximate surface area is 167 Å². The number of benzene rings is 1. The fraction of sp³-hybridized carbons (Fsp3) is 0.619. The van der Waals surface area contributed by atoms with E-state index in [2.05, 4.69) is 23.2 Å². The summed E-state index contributed by atoms with van der Waals surface area (Å²) in [5, 5.41) is 21.4. The van der Waals surface area contributed by atoms with Gasteiger partial charge in [-0.2, -0.15) is 5.26 Å². The van der Waals surface area contributed by atoms with Gasteiger partial charge in [-0.15, -0.1) is 0 Å². The smallest absolute Gasteiger partial charge is 0.137 e. The van der Waals surface area contributed by atoms with E-state index < -0.39 is 0 Å². The number of methoxy groups -OCH3 is 1. The Morgan fingerprint density at radius 1 is 1.43 bits per heavy atom. The molecule has 1 aromatic carbocycles. The molecular formula is C21H30N4O3. The number of nitriles is 1. The zero-order valence-corrected chi connectivity index (χ0v) is 16.7. The van der Waals surface area contributed by atoms with E-state index in [0.29, 0.717) is 49.6 Å². The molecule has 0 unspecified atom stereocenters. The molecule has 0 bridgehead atoms. The summed E-state index contributed by atoms with van der Waals surface area (Å²) in [6.07, 6.45) is 2.76. The fourth-order valence-electron chi connectivity index (χ4n) is 3.54. The summed E-state index contributed by atoms with van der Waals surface area (Å²) in [5.74, 6) is 1.13. The summed E-state index contributed by atoms with van der Waals surface area (Å²) in [6, 6.07) is 8.32. The topological polar surface area (TPSA) is 90.6 Å². The van der Waals surface area contributed by atoms with Crippen LogP contribution >= 0.6 is 0 Å². The maximum absolute atomic E-state index is 9.39. The van der Waals surface area contributed by atoms with E-state index in [1.807, 2.05) is 18.2 Å². The van der Waals surface area contributed by atoms with Crippen LogP contribution in [0.5, 0.6) is 5.75 Å². The van der Waals surface area contributed by atoms with E-state index in [4.69, 9.17) is 19.6 Å². The molecule has 0 radical (unpaired) electrons. The third kappa shape index (κ3) is 5.02. The molecule has 2 N–H and O–H groups in total. The van der Waals surface area contributed by atoms with Gasteiger partial charge in [0.05, 0.1) is 24.8 Å². The number of ether oxygens (including phenoxy) is 3. The molecule has 7 heteroatoms. The first-order chi connectivity index (χ1) is 13.7. The summed E-state index contributed by atoms with van der Waals surface area (Å²) < 4.78 is 16.7. The van der Waals surface area contributed by atoms with Crippen LogP contribution in [0.3, 0.4) is 0 Å². The largest absolute Gasteiger partial charge is 0.492 e. The number of hydrogen-bond donors (Lipinski definition) is 2. The molecule has 1 aliphatic heterocycles. The molecule has 0 aromatic heterocycles. The van der Waals surface area contributed by atoms with Crippen molar-refractivity contribution in [2.24, 2.45) is 0 Å². The van der Waals surface area contributed by atoms with Gasteiger partial charge in [-0.05, 0) is 37.5 Å². The van der Waals surface area contributed by atoms with E-state index in [0.717, 1.165) is 31.4 Å². The van der Waals surface area contributed by atoms with Crippen molar-refractivity contribution in [3.8, 4) is 11.8 Å². The Morgan fingerprint density at radius 2 is 2.25 bits per heavy atom. The minimum atomic E-state index is -0.208. The molecule has 1 aliphatic carbocycles. The van der Waals surface area contributed by atoms with E-state index >= 15 is 0 Å². The predicted octanol–water partition coefficient (Wildman–Crippen LogP) is 2.46. The fourth-order valence-corrected chi connectivity index (χ4v) is 3.54. The minimum absolute atomic E-state index is 0.0135. The highest BCUT2D eigenvalue weighted by atomic mass is 16.5. The molecule has 0 spiro atoms. The summed E-state index contributed by atoms with van der Waals surface area (Å²) in [4.78, 5) is 2.17. The summed E-state index contributed by atoms with van der Waals surface area (Å²) in [5.41, 5.74) is 1.57. The molecule has 28 heavy (non-hydrogen) atoms. The molecule has 1 aromatic rings. The standard InChI is InChI=1S/C21H30N4O3/c1-15(25(18-6-7-18)21(23)20-14-24-8-11-28-20)16-4-5-17(13-22)19(12-16)27-10-3-9-26-2/h4-5,12,15,18,20,23-24H,3,6-11,14H2,1-2H3/t15-,20-/m1/s1. The van der Waals surface area contributed by atoms with Crippen molar-refractivity contribution < 1.29 is 14.2 Å². The lowest BCUT2D eigenvalue weighted by Gasteiger charge is -2.36. The van der Waals surface area contributed by atoms with Gasteiger partial charge in [0, 0.05) is 39.3 Å². The number of hydrogen-bond acceptors (Lipinski definition) is 6. The van der Waals surface area contributed by atoms with Gasteiger partial charge in [0.25, 0.3) is 0 Å². The van der Waals surface area contributed by atoms with Crippen molar-refractivity contribution in [1.29, 1.82) is 10.7 Å². The van der Waals surface area contributed by atoms with Crippen LogP contribution in [0.25, 0.3) is 0 Å². The maximum atomic E-state index is 9.39. The highest BCUT2D eigenvalue weighted by Gasteiger charge is 2.37. The monoisotopic (exact) mass is 386 g/mol. The average molecular weight is 386 g/mol. The molecule has 1 saturated heterocycles. The average Bonchev–Trinajstić information content (AvgIpc) is 3.56. The van der Waals surface area contributed by atoms with Crippen molar-refractivity contribution in [3.05, 3.63) is 29.3 Å². The van der Waals surface area contributed by atoms with Crippen molar-refractivity contribution >= 4 is 5.84 Å². The highest BCUT2D eigenvalue weighted by molar-refractivity contribution is 5.85. The zero-order valence-electron chi connectivity index (χ0n) is 16.7. The predicted molar refractivity (Wildman–Crippen MR) is 107 cm³/mol. The second-order valence-electron chi connectivity index (χ2n) is 7.33. The minimum Gasteiger partial charge on any atom is -0.492 e. The van der Waals surface area contributed by atoms with Crippen molar-refractivity contribution in [2.75, 3.05) is 40.0 Å². The van der Waals surface area contributed by atoms with E-state index in [9.17, 15) is 5.26 Å². The van der Waals surface area contributed by atoms with Crippen LogP contribution in [-0.4, -0.2) is 62.9 Å². The van der Waals surface area contributed by atoms with Crippen LogP contribution in [-0.2, 0) is 9.47 Å². The maximum Gasteiger partial charge on any atom is 0.137 e. The first-order valence-electron chi connectivity index (χ1n) is 10.0. The molecule has 7 nitrogen and oxygen atoms in total. The van der Waals surface area contributed by atoms with E-state index in [1.54, 1.807) is 7.11 Å². The summed E-state index contributed by atoms with van der Waals surface area (Å²) in [6.45, 7) is 5.39. The van der Waals surface area contributed by atoms with Crippen LogP contribution in [0, 0.1) is 16.7 Å². The zero-order chi connectivity index (χ0) is 19.9. The van der Waals surface area contributed by atoms with Gasteiger partial charge >= 0.3 is 0 Å². The molecule has 1 heterocycles. The highest BCUT2D eigenvalue weighted by Crippen LogP contribution is 2.36.